The lowest BCUT2D eigenvalue weighted by Gasteiger charge is -2.16. The molecular weight excluding hydrogens is 365 g/mol. The van der Waals surface area contributed by atoms with E-state index >= 15 is 0 Å². The van der Waals surface area contributed by atoms with E-state index in [1.165, 1.54) is 9.13 Å². The number of likely N-dealkylation sites (tertiary alicyclic amines) is 1. The first-order chi connectivity index (χ1) is 9.66. The summed E-state index contributed by atoms with van der Waals surface area (Å²) in [4.78, 5) is 13.8. The van der Waals surface area contributed by atoms with Crippen molar-refractivity contribution in [2.24, 2.45) is 0 Å². The van der Waals surface area contributed by atoms with Crippen molar-refractivity contribution in [3.63, 3.8) is 0 Å². The number of benzene rings is 1. The summed E-state index contributed by atoms with van der Waals surface area (Å²) in [5.41, 5.74) is 1.19. The Labute approximate surface area is 134 Å². The highest BCUT2D eigenvalue weighted by molar-refractivity contribution is 14.1. The quantitative estimate of drug-likeness (QED) is 0.550. The van der Waals surface area contributed by atoms with Crippen LogP contribution in [-0.2, 0) is 9.53 Å². The van der Waals surface area contributed by atoms with Crippen molar-refractivity contribution in [1.29, 1.82) is 0 Å². The Kier molecular flexibility index (Phi) is 6.29. The van der Waals surface area contributed by atoms with E-state index in [1.54, 1.807) is 0 Å². The number of hydrogen-bond acceptors (Lipinski definition) is 2. The highest BCUT2D eigenvalue weighted by atomic mass is 127. The predicted octanol–water partition coefficient (Wildman–Crippen LogP) is 3.77. The molecule has 0 saturated carbocycles. The summed E-state index contributed by atoms with van der Waals surface area (Å²) < 4.78 is 7.04. The number of amides is 1. The summed E-state index contributed by atoms with van der Waals surface area (Å²) in [5, 5.41) is 0. The van der Waals surface area contributed by atoms with Gasteiger partial charge in [0.15, 0.2) is 0 Å². The number of halogens is 1. The number of nitrogens with zero attached hydrogens (tertiary/aromatic N) is 1. The molecule has 1 atom stereocenters. The van der Waals surface area contributed by atoms with Crippen LogP contribution in [0, 0.1) is 3.57 Å². The first-order valence-electron chi connectivity index (χ1n) is 7.31. The third kappa shape index (κ3) is 4.74. The molecule has 1 aromatic carbocycles. The van der Waals surface area contributed by atoms with Crippen LogP contribution in [0.1, 0.15) is 44.3 Å². The SMILES string of the molecule is C[C@@H](OCCCC(=O)N1CCCC1)c1ccc(I)cc1. The van der Waals surface area contributed by atoms with Crippen molar-refractivity contribution in [1.82, 2.24) is 4.90 Å². The minimum Gasteiger partial charge on any atom is -0.374 e. The zero-order valence-corrected chi connectivity index (χ0v) is 14.1. The number of rotatable bonds is 6. The monoisotopic (exact) mass is 387 g/mol. The normalized spacial score (nSPS) is 16.4. The van der Waals surface area contributed by atoms with Crippen molar-refractivity contribution < 1.29 is 9.53 Å². The smallest absolute Gasteiger partial charge is 0.222 e. The van der Waals surface area contributed by atoms with Crippen LogP contribution >= 0.6 is 22.6 Å². The molecule has 0 bridgehead atoms. The van der Waals surface area contributed by atoms with Crippen molar-refractivity contribution in [2.45, 2.75) is 38.7 Å². The largest absolute Gasteiger partial charge is 0.374 e. The molecule has 0 N–H and O–H groups in total. The van der Waals surface area contributed by atoms with Gasteiger partial charge in [-0.05, 0) is 66.5 Å². The van der Waals surface area contributed by atoms with E-state index in [9.17, 15) is 4.79 Å². The van der Waals surface area contributed by atoms with E-state index < -0.39 is 0 Å². The molecule has 1 aliphatic rings. The van der Waals surface area contributed by atoms with Crippen LogP contribution in [0.25, 0.3) is 0 Å². The molecule has 1 saturated heterocycles. The molecule has 0 aliphatic carbocycles. The summed E-state index contributed by atoms with van der Waals surface area (Å²) in [6, 6.07) is 8.38. The third-order valence-electron chi connectivity index (χ3n) is 3.70. The minimum atomic E-state index is 0.0916. The van der Waals surface area contributed by atoms with E-state index in [-0.39, 0.29) is 12.0 Å². The summed E-state index contributed by atoms with van der Waals surface area (Å²) in [6.07, 6.45) is 3.83. The molecule has 1 fully saturated rings. The average molecular weight is 387 g/mol. The van der Waals surface area contributed by atoms with Crippen molar-refractivity contribution >= 4 is 28.5 Å². The van der Waals surface area contributed by atoms with Crippen LogP contribution in [0.15, 0.2) is 24.3 Å². The second kappa shape index (κ2) is 7.98. The summed E-state index contributed by atoms with van der Waals surface area (Å²) >= 11 is 2.30. The maximum absolute atomic E-state index is 11.9. The van der Waals surface area contributed by atoms with Crippen LogP contribution in [0.5, 0.6) is 0 Å². The Hall–Kier alpha value is -0.620. The topological polar surface area (TPSA) is 29.5 Å². The Morgan fingerprint density at radius 1 is 1.30 bits per heavy atom. The van der Waals surface area contributed by atoms with Crippen LogP contribution < -0.4 is 0 Å². The molecule has 1 amide bonds. The van der Waals surface area contributed by atoms with Gasteiger partial charge in [-0.2, -0.15) is 0 Å². The minimum absolute atomic E-state index is 0.0916. The van der Waals surface area contributed by atoms with Crippen LogP contribution in [0.2, 0.25) is 0 Å². The maximum atomic E-state index is 11.9. The van der Waals surface area contributed by atoms with Crippen molar-refractivity contribution in [2.75, 3.05) is 19.7 Å². The molecule has 20 heavy (non-hydrogen) atoms. The summed E-state index contributed by atoms with van der Waals surface area (Å²) in [7, 11) is 0. The van der Waals surface area contributed by atoms with Gasteiger partial charge in [0.2, 0.25) is 5.91 Å². The molecule has 4 heteroatoms. The first-order valence-corrected chi connectivity index (χ1v) is 8.39. The van der Waals surface area contributed by atoms with E-state index in [0.29, 0.717) is 13.0 Å². The van der Waals surface area contributed by atoms with Gasteiger partial charge in [0.05, 0.1) is 6.10 Å². The molecule has 0 aromatic heterocycles. The number of carbonyl (C=O) groups is 1. The van der Waals surface area contributed by atoms with Gasteiger partial charge >= 0.3 is 0 Å². The summed E-state index contributed by atoms with van der Waals surface area (Å²) in [6.45, 7) is 4.59. The van der Waals surface area contributed by atoms with Gasteiger partial charge in [0.25, 0.3) is 0 Å². The Balaban J connectivity index is 1.65. The molecule has 0 spiro atoms. The fraction of sp³-hybridized carbons (Fsp3) is 0.562. The number of ether oxygens (including phenoxy) is 1. The molecule has 1 aliphatic heterocycles. The number of hydrogen-bond donors (Lipinski definition) is 0. The Morgan fingerprint density at radius 3 is 2.60 bits per heavy atom. The maximum Gasteiger partial charge on any atom is 0.222 e. The van der Waals surface area contributed by atoms with E-state index in [2.05, 4.69) is 53.8 Å². The van der Waals surface area contributed by atoms with Crippen molar-refractivity contribution in [3.8, 4) is 0 Å². The van der Waals surface area contributed by atoms with E-state index in [0.717, 1.165) is 32.4 Å². The fourth-order valence-electron chi connectivity index (χ4n) is 2.44. The van der Waals surface area contributed by atoms with Crippen LogP contribution in [0.4, 0.5) is 0 Å². The fourth-order valence-corrected chi connectivity index (χ4v) is 2.80. The Bertz CT molecular complexity index is 427. The second-order valence-electron chi connectivity index (χ2n) is 5.26. The van der Waals surface area contributed by atoms with Gasteiger partial charge in [0.1, 0.15) is 0 Å². The van der Waals surface area contributed by atoms with Gasteiger partial charge in [0, 0.05) is 29.7 Å². The lowest BCUT2D eigenvalue weighted by atomic mass is 10.1. The predicted molar refractivity (Wildman–Crippen MR) is 88.6 cm³/mol. The van der Waals surface area contributed by atoms with Crippen LogP contribution in [-0.4, -0.2) is 30.5 Å². The molecule has 110 valence electrons. The van der Waals surface area contributed by atoms with Crippen LogP contribution in [0.3, 0.4) is 0 Å². The third-order valence-corrected chi connectivity index (χ3v) is 4.42. The zero-order valence-electron chi connectivity index (χ0n) is 12.0. The van der Waals surface area contributed by atoms with Gasteiger partial charge in [-0.3, -0.25) is 4.79 Å². The Morgan fingerprint density at radius 2 is 1.95 bits per heavy atom. The first kappa shape index (κ1) is 15.8. The van der Waals surface area contributed by atoms with Gasteiger partial charge in [-0.25, -0.2) is 0 Å². The van der Waals surface area contributed by atoms with E-state index in [4.69, 9.17) is 4.74 Å². The van der Waals surface area contributed by atoms with Crippen molar-refractivity contribution in [3.05, 3.63) is 33.4 Å². The second-order valence-corrected chi connectivity index (χ2v) is 6.50. The summed E-state index contributed by atoms with van der Waals surface area (Å²) in [5.74, 6) is 0.285. The molecule has 1 aromatic rings. The average Bonchev–Trinajstić information content (AvgIpc) is 2.98. The van der Waals surface area contributed by atoms with Gasteiger partial charge < -0.3 is 9.64 Å². The van der Waals surface area contributed by atoms with E-state index in [1.807, 2.05) is 4.90 Å². The molecule has 0 unspecified atom stereocenters. The molecule has 1 heterocycles. The lowest BCUT2D eigenvalue weighted by Crippen LogP contribution is -2.27. The lowest BCUT2D eigenvalue weighted by molar-refractivity contribution is -0.130. The molecule has 3 nitrogen and oxygen atoms in total. The number of carbonyl (C=O) groups excluding carboxylic acids is 1. The highest BCUT2D eigenvalue weighted by Gasteiger charge is 2.17. The molecule has 0 radical (unpaired) electrons. The van der Waals surface area contributed by atoms with Gasteiger partial charge in [-0.15, -0.1) is 0 Å². The zero-order chi connectivity index (χ0) is 14.4. The highest BCUT2D eigenvalue weighted by Crippen LogP contribution is 2.18. The van der Waals surface area contributed by atoms with Gasteiger partial charge in [-0.1, -0.05) is 12.1 Å². The standard InChI is InChI=1S/C16H22INO2/c1-13(14-6-8-15(17)9-7-14)20-12-4-5-16(19)18-10-2-3-11-18/h6-9,13H,2-5,10-12H2,1H3/t13-/m1/s1. The molecule has 2 rings (SSSR count). The molecular formula is C16H22INO2.